The van der Waals surface area contributed by atoms with Crippen LogP contribution in [0.5, 0.6) is 0 Å². The number of hydrogen-bond acceptors (Lipinski definition) is 0. The van der Waals surface area contributed by atoms with Gasteiger partial charge in [0.2, 0.25) is 0 Å². The molecule has 0 heterocycles. The van der Waals surface area contributed by atoms with Crippen LogP contribution >= 0.6 is 0 Å². The van der Waals surface area contributed by atoms with Gasteiger partial charge in [0.05, 0.1) is 0 Å². The second-order valence-corrected chi connectivity index (χ2v) is 9.07. The summed E-state index contributed by atoms with van der Waals surface area (Å²) < 4.78 is 0. The van der Waals surface area contributed by atoms with Gasteiger partial charge in [-0.05, 0) is 113 Å². The Hall–Kier alpha value is -3.38. The molecule has 2 aliphatic rings. The van der Waals surface area contributed by atoms with E-state index in [1.807, 2.05) is 0 Å². The van der Waals surface area contributed by atoms with Crippen molar-refractivity contribution in [1.29, 1.82) is 0 Å². The molecule has 0 bridgehead atoms. The highest BCUT2D eigenvalue weighted by molar-refractivity contribution is 5.93. The van der Waals surface area contributed by atoms with Crippen LogP contribution in [-0.2, 0) is 0 Å². The Morgan fingerprint density at radius 2 is 0.767 bits per heavy atom. The van der Waals surface area contributed by atoms with Crippen LogP contribution in [0.1, 0.15) is 22.3 Å². The summed E-state index contributed by atoms with van der Waals surface area (Å²) >= 11 is 0. The molecule has 0 aliphatic heterocycles. The molecule has 0 heteroatoms. The third-order valence-corrected chi connectivity index (χ3v) is 7.60. The monoisotopic (exact) mass is 382 g/mol. The minimum absolute atomic E-state index is 1.37. The van der Waals surface area contributed by atoms with Gasteiger partial charge in [-0.3, -0.25) is 0 Å². The van der Waals surface area contributed by atoms with Gasteiger partial charge in [0.15, 0.2) is 0 Å². The van der Waals surface area contributed by atoms with Crippen LogP contribution < -0.4 is 0 Å². The van der Waals surface area contributed by atoms with E-state index in [-0.39, 0.29) is 0 Å². The summed E-state index contributed by atoms with van der Waals surface area (Å²) in [7, 11) is 0. The van der Waals surface area contributed by atoms with Crippen LogP contribution in [0.2, 0.25) is 0 Å². The highest BCUT2D eigenvalue weighted by Gasteiger charge is 2.17. The lowest BCUT2D eigenvalue weighted by atomic mass is 9.96. The molecule has 142 valence electrons. The van der Waals surface area contributed by atoms with Crippen LogP contribution in [0.15, 0.2) is 60.7 Å². The Morgan fingerprint density at radius 1 is 0.400 bits per heavy atom. The molecule has 0 amide bonds. The molecule has 5 aromatic rings. The molecule has 0 unspecified atom stereocenters. The Bertz CT molecular complexity index is 1880. The zero-order chi connectivity index (χ0) is 20.3. The minimum atomic E-state index is 1.37. The highest BCUT2D eigenvalue weighted by Crippen LogP contribution is 2.34. The molecule has 5 aromatic carbocycles. The SMILES string of the molecule is Cc1ccc(C)c2c1=c1ccc3c4c(ccc=2c14)=c1c(C)c2ccccc2c(C)c1=3. The standard InChI is InChI=1S/C30H22/c1-15-9-10-16(2)26-22-12-14-24-28-18(4)20-8-6-5-7-19(20)17(3)27(28)23-13-11-21(25(15)26)29(22)30(23)24/h5-14H,1-4H3. The van der Waals surface area contributed by atoms with Gasteiger partial charge in [0.25, 0.3) is 0 Å². The first-order valence-corrected chi connectivity index (χ1v) is 10.8. The van der Waals surface area contributed by atoms with Crippen molar-refractivity contribution in [2.75, 3.05) is 0 Å². The molecule has 0 atom stereocenters. The van der Waals surface area contributed by atoms with E-state index in [2.05, 4.69) is 88.4 Å². The molecule has 7 rings (SSSR count). The summed E-state index contributed by atoms with van der Waals surface area (Å²) in [6.45, 7) is 9.10. The van der Waals surface area contributed by atoms with Crippen LogP contribution in [0.25, 0.3) is 21.5 Å². The Labute approximate surface area is 174 Å². The number of hydrogen-bond donors (Lipinski definition) is 0. The first-order chi connectivity index (χ1) is 14.6. The van der Waals surface area contributed by atoms with Crippen molar-refractivity contribution in [2.24, 2.45) is 0 Å². The summed E-state index contributed by atoms with van der Waals surface area (Å²) in [5.74, 6) is 0. The molecular formula is C30H22. The lowest BCUT2D eigenvalue weighted by molar-refractivity contribution is 1.29. The lowest BCUT2D eigenvalue weighted by Gasteiger charge is -2.07. The average molecular weight is 383 g/mol. The molecule has 0 aromatic heterocycles. The fraction of sp³-hybridized carbons (Fsp3) is 0.133. The quantitative estimate of drug-likeness (QED) is 0.265. The maximum atomic E-state index is 2.38. The number of fused-ring (bicyclic) bond motifs is 3. The summed E-state index contributed by atoms with van der Waals surface area (Å²) in [5, 5.41) is 17.1. The van der Waals surface area contributed by atoms with E-state index < -0.39 is 0 Å². The molecule has 2 aliphatic carbocycles. The molecule has 0 radical (unpaired) electrons. The fourth-order valence-electron chi connectivity index (χ4n) is 6.29. The zero-order valence-corrected chi connectivity index (χ0v) is 17.8. The van der Waals surface area contributed by atoms with Gasteiger partial charge >= 0.3 is 0 Å². The molecular weight excluding hydrogens is 360 g/mol. The summed E-state index contributed by atoms with van der Waals surface area (Å²) in [5.41, 5.74) is 5.55. The second-order valence-electron chi connectivity index (χ2n) is 9.07. The first kappa shape index (κ1) is 16.4. The first-order valence-electron chi connectivity index (χ1n) is 10.8. The molecule has 0 spiro atoms. The van der Waals surface area contributed by atoms with Crippen molar-refractivity contribution in [3.63, 3.8) is 0 Å². The smallest absolute Gasteiger partial charge is 0.00137 e. The van der Waals surface area contributed by atoms with Crippen LogP contribution in [-0.4, -0.2) is 0 Å². The van der Waals surface area contributed by atoms with E-state index in [0.29, 0.717) is 0 Å². The zero-order valence-electron chi connectivity index (χ0n) is 17.8. The summed E-state index contributed by atoms with van der Waals surface area (Å²) in [6, 6.07) is 22.9. The molecule has 0 saturated heterocycles. The van der Waals surface area contributed by atoms with E-state index in [1.165, 1.54) is 85.5 Å². The van der Waals surface area contributed by atoms with Gasteiger partial charge in [-0.1, -0.05) is 60.7 Å². The average Bonchev–Trinajstić information content (AvgIpc) is 3.28. The predicted octanol–water partition coefficient (Wildman–Crippen LogP) is 7.00. The van der Waals surface area contributed by atoms with Crippen LogP contribution in [0, 0.1) is 69.4 Å². The summed E-state index contributed by atoms with van der Waals surface area (Å²) in [4.78, 5) is 0. The summed E-state index contributed by atoms with van der Waals surface area (Å²) in [6.07, 6.45) is 0. The maximum Gasteiger partial charge on any atom is -0.00137 e. The van der Waals surface area contributed by atoms with Crippen molar-refractivity contribution < 1.29 is 0 Å². The van der Waals surface area contributed by atoms with Crippen LogP contribution in [0.3, 0.4) is 0 Å². The van der Waals surface area contributed by atoms with E-state index in [0.717, 1.165) is 0 Å². The second kappa shape index (κ2) is 5.21. The van der Waals surface area contributed by atoms with E-state index in [1.54, 1.807) is 0 Å². The van der Waals surface area contributed by atoms with Gasteiger partial charge in [0, 0.05) is 0 Å². The number of rotatable bonds is 0. The highest BCUT2D eigenvalue weighted by atomic mass is 14.2. The van der Waals surface area contributed by atoms with Gasteiger partial charge in [0.1, 0.15) is 0 Å². The Morgan fingerprint density at radius 3 is 1.17 bits per heavy atom. The maximum absolute atomic E-state index is 2.38. The molecule has 0 nitrogen and oxygen atoms in total. The van der Waals surface area contributed by atoms with Gasteiger partial charge < -0.3 is 0 Å². The predicted molar refractivity (Wildman–Crippen MR) is 124 cm³/mol. The fourth-order valence-corrected chi connectivity index (χ4v) is 6.29. The van der Waals surface area contributed by atoms with E-state index >= 15 is 0 Å². The molecule has 0 saturated carbocycles. The number of benzene rings is 5. The van der Waals surface area contributed by atoms with Crippen molar-refractivity contribution >= 4 is 21.5 Å². The van der Waals surface area contributed by atoms with Crippen molar-refractivity contribution in [3.8, 4) is 0 Å². The van der Waals surface area contributed by atoms with E-state index in [4.69, 9.17) is 0 Å². The van der Waals surface area contributed by atoms with Crippen LogP contribution in [0.4, 0.5) is 0 Å². The van der Waals surface area contributed by atoms with Crippen molar-refractivity contribution in [2.45, 2.75) is 27.7 Å². The molecule has 0 N–H and O–H groups in total. The number of aryl methyl sites for hydroxylation is 4. The topological polar surface area (TPSA) is 0 Å². The third-order valence-electron chi connectivity index (χ3n) is 7.60. The lowest BCUT2D eigenvalue weighted by Crippen LogP contribution is -1.89. The minimum Gasteiger partial charge on any atom is -0.0616 e. The van der Waals surface area contributed by atoms with E-state index in [9.17, 15) is 0 Å². The third kappa shape index (κ3) is 1.67. The Kier molecular flexibility index (Phi) is 2.85. The molecule has 30 heavy (non-hydrogen) atoms. The van der Waals surface area contributed by atoms with Crippen molar-refractivity contribution in [1.82, 2.24) is 0 Å². The van der Waals surface area contributed by atoms with Gasteiger partial charge in [-0.25, -0.2) is 0 Å². The normalized spacial score (nSPS) is 12.7. The van der Waals surface area contributed by atoms with Crippen molar-refractivity contribution in [3.05, 3.63) is 125 Å². The molecule has 0 fully saturated rings. The largest absolute Gasteiger partial charge is 0.0616 e. The van der Waals surface area contributed by atoms with Gasteiger partial charge in [-0.2, -0.15) is 0 Å². The Balaban J connectivity index is 1.97. The van der Waals surface area contributed by atoms with Gasteiger partial charge in [-0.15, -0.1) is 0 Å².